The first kappa shape index (κ1) is 10.2. The molecule has 2 aliphatic rings. The zero-order chi connectivity index (χ0) is 11.1. The average molecular weight is 223 g/mol. The van der Waals surface area contributed by atoms with Gasteiger partial charge in [0.25, 0.3) is 0 Å². The van der Waals surface area contributed by atoms with Gasteiger partial charge in [-0.25, -0.2) is 4.79 Å². The van der Waals surface area contributed by atoms with Gasteiger partial charge in [0.05, 0.1) is 10.6 Å². The third-order valence-electron chi connectivity index (χ3n) is 2.85. The maximum absolute atomic E-state index is 10.9. The van der Waals surface area contributed by atoms with Crippen LogP contribution in [0, 0.1) is 5.41 Å². The van der Waals surface area contributed by atoms with Crippen molar-refractivity contribution in [2.24, 2.45) is 5.41 Å². The molecule has 2 rings (SSSR count). The molecule has 0 aromatic rings. The molecule has 0 fully saturated rings. The van der Waals surface area contributed by atoms with Crippen molar-refractivity contribution in [1.82, 2.24) is 0 Å². The Balaban J connectivity index is 2.51. The van der Waals surface area contributed by atoms with Crippen LogP contribution in [0.4, 0.5) is 0 Å². The summed E-state index contributed by atoms with van der Waals surface area (Å²) in [4.78, 5) is 10.9. The third-order valence-corrected chi connectivity index (χ3v) is 3.16. The standard InChI is InChI=1S/C12H11ClO2/c1-12-5-3-2-4-8(12)6-9(11(14)15)10(13)7-12/h2-4,6-7H,5H2,1H3,(H,14,15). The molecule has 2 nitrogen and oxygen atoms in total. The van der Waals surface area contributed by atoms with Crippen LogP contribution in [0.15, 0.2) is 46.6 Å². The van der Waals surface area contributed by atoms with Crippen molar-refractivity contribution in [3.05, 3.63) is 46.6 Å². The minimum atomic E-state index is -0.978. The van der Waals surface area contributed by atoms with Gasteiger partial charge in [-0.2, -0.15) is 0 Å². The molecule has 1 unspecified atom stereocenters. The van der Waals surface area contributed by atoms with Gasteiger partial charge in [-0.1, -0.05) is 42.8 Å². The molecule has 1 N–H and O–H groups in total. The Morgan fingerprint density at radius 1 is 1.60 bits per heavy atom. The van der Waals surface area contributed by atoms with Crippen LogP contribution in [-0.2, 0) is 4.79 Å². The molecule has 15 heavy (non-hydrogen) atoms. The number of rotatable bonds is 1. The predicted octanol–water partition coefficient (Wildman–Crippen LogP) is 3.03. The molecule has 0 bridgehead atoms. The lowest BCUT2D eigenvalue weighted by Gasteiger charge is -2.32. The molecule has 0 amide bonds. The highest BCUT2D eigenvalue weighted by Crippen LogP contribution is 2.43. The number of carboxylic acids is 1. The molecule has 0 aromatic carbocycles. The van der Waals surface area contributed by atoms with Crippen LogP contribution in [0.2, 0.25) is 0 Å². The maximum atomic E-state index is 10.9. The summed E-state index contributed by atoms with van der Waals surface area (Å²) >= 11 is 5.95. The van der Waals surface area contributed by atoms with Crippen LogP contribution in [0.3, 0.4) is 0 Å². The molecule has 3 heteroatoms. The van der Waals surface area contributed by atoms with Gasteiger partial charge in [-0.05, 0) is 18.1 Å². The molecule has 0 saturated carbocycles. The quantitative estimate of drug-likeness (QED) is 0.741. The lowest BCUT2D eigenvalue weighted by Crippen LogP contribution is -2.22. The summed E-state index contributed by atoms with van der Waals surface area (Å²) in [5.74, 6) is -0.978. The molecule has 0 aromatic heterocycles. The first-order valence-corrected chi connectivity index (χ1v) is 5.12. The molecule has 0 aliphatic heterocycles. The lowest BCUT2D eigenvalue weighted by atomic mass is 9.73. The maximum Gasteiger partial charge on any atom is 0.337 e. The highest BCUT2D eigenvalue weighted by molar-refractivity contribution is 6.35. The number of hydrogen-bond donors (Lipinski definition) is 1. The van der Waals surface area contributed by atoms with E-state index in [-0.39, 0.29) is 11.0 Å². The van der Waals surface area contributed by atoms with Crippen molar-refractivity contribution in [2.45, 2.75) is 13.3 Å². The van der Waals surface area contributed by atoms with Crippen molar-refractivity contribution in [2.75, 3.05) is 0 Å². The van der Waals surface area contributed by atoms with Gasteiger partial charge >= 0.3 is 5.97 Å². The molecule has 1 atom stereocenters. The van der Waals surface area contributed by atoms with Crippen molar-refractivity contribution in [1.29, 1.82) is 0 Å². The minimum Gasteiger partial charge on any atom is -0.478 e. The van der Waals surface area contributed by atoms with Crippen molar-refractivity contribution >= 4 is 17.6 Å². The Morgan fingerprint density at radius 3 is 3.00 bits per heavy atom. The Hall–Kier alpha value is -1.28. The van der Waals surface area contributed by atoms with Crippen molar-refractivity contribution in [3.63, 3.8) is 0 Å². The highest BCUT2D eigenvalue weighted by atomic mass is 35.5. The summed E-state index contributed by atoms with van der Waals surface area (Å²) < 4.78 is 0. The summed E-state index contributed by atoms with van der Waals surface area (Å²) in [7, 11) is 0. The minimum absolute atomic E-state index is 0.148. The van der Waals surface area contributed by atoms with Crippen LogP contribution < -0.4 is 0 Å². The zero-order valence-corrected chi connectivity index (χ0v) is 9.08. The van der Waals surface area contributed by atoms with E-state index in [0.29, 0.717) is 5.03 Å². The summed E-state index contributed by atoms with van der Waals surface area (Å²) in [5.41, 5.74) is 1.03. The van der Waals surface area contributed by atoms with Crippen LogP contribution in [-0.4, -0.2) is 11.1 Å². The molecular weight excluding hydrogens is 212 g/mol. The van der Waals surface area contributed by atoms with E-state index in [2.05, 4.69) is 13.0 Å². The number of fused-ring (bicyclic) bond motifs is 1. The van der Waals surface area contributed by atoms with E-state index in [9.17, 15) is 4.79 Å². The van der Waals surface area contributed by atoms with Gasteiger partial charge in [-0.3, -0.25) is 0 Å². The molecule has 2 aliphatic carbocycles. The van der Waals surface area contributed by atoms with E-state index in [1.807, 2.05) is 18.2 Å². The second kappa shape index (κ2) is 3.38. The number of carbonyl (C=O) groups is 1. The second-order valence-corrected chi connectivity index (χ2v) is 4.43. The van der Waals surface area contributed by atoms with Crippen LogP contribution in [0.5, 0.6) is 0 Å². The second-order valence-electron chi connectivity index (χ2n) is 4.03. The Bertz CT molecular complexity index is 441. The van der Waals surface area contributed by atoms with Crippen molar-refractivity contribution in [3.8, 4) is 0 Å². The van der Waals surface area contributed by atoms with Crippen LogP contribution in [0.25, 0.3) is 0 Å². The number of allylic oxidation sites excluding steroid dienone is 6. The normalized spacial score (nSPS) is 28.8. The SMILES string of the molecule is CC12C=C(Cl)C(C(=O)O)=CC1=CC=CC2. The largest absolute Gasteiger partial charge is 0.478 e. The summed E-state index contributed by atoms with van der Waals surface area (Å²) in [6.45, 7) is 2.06. The molecule has 0 heterocycles. The van der Waals surface area contributed by atoms with Gasteiger partial charge in [0.1, 0.15) is 0 Å². The predicted molar refractivity (Wildman–Crippen MR) is 59.6 cm³/mol. The third kappa shape index (κ3) is 1.65. The summed E-state index contributed by atoms with van der Waals surface area (Å²) in [6.07, 6.45) is 10.3. The first-order valence-electron chi connectivity index (χ1n) is 4.74. The van der Waals surface area contributed by atoms with E-state index in [4.69, 9.17) is 16.7 Å². The first-order chi connectivity index (χ1) is 7.03. The lowest BCUT2D eigenvalue weighted by molar-refractivity contribution is -0.132. The molecule has 0 saturated heterocycles. The topological polar surface area (TPSA) is 37.3 Å². The van der Waals surface area contributed by atoms with E-state index in [0.717, 1.165) is 12.0 Å². The van der Waals surface area contributed by atoms with Crippen molar-refractivity contribution < 1.29 is 9.90 Å². The van der Waals surface area contributed by atoms with Gasteiger partial charge in [0, 0.05) is 5.41 Å². The summed E-state index contributed by atoms with van der Waals surface area (Å²) in [5, 5.41) is 9.28. The fraction of sp³-hybridized carbons (Fsp3) is 0.250. The fourth-order valence-electron chi connectivity index (χ4n) is 1.89. The molecule has 0 radical (unpaired) electrons. The van der Waals surface area contributed by atoms with E-state index in [1.165, 1.54) is 0 Å². The van der Waals surface area contributed by atoms with E-state index in [1.54, 1.807) is 6.08 Å². The molecular formula is C12H11ClO2. The number of halogens is 1. The van der Waals surface area contributed by atoms with Gasteiger partial charge in [0.2, 0.25) is 0 Å². The smallest absolute Gasteiger partial charge is 0.337 e. The van der Waals surface area contributed by atoms with Gasteiger partial charge in [-0.15, -0.1) is 0 Å². The number of hydrogen-bond acceptors (Lipinski definition) is 1. The molecule has 0 spiro atoms. The monoisotopic (exact) mass is 222 g/mol. The van der Waals surface area contributed by atoms with E-state index >= 15 is 0 Å². The Kier molecular flexibility index (Phi) is 2.31. The van der Waals surface area contributed by atoms with Crippen LogP contribution >= 0.6 is 11.6 Å². The number of carboxylic acid groups (broad SMARTS) is 1. The molecule has 78 valence electrons. The zero-order valence-electron chi connectivity index (χ0n) is 8.33. The Morgan fingerprint density at radius 2 is 2.33 bits per heavy atom. The van der Waals surface area contributed by atoms with Gasteiger partial charge < -0.3 is 5.11 Å². The van der Waals surface area contributed by atoms with Gasteiger partial charge in [0.15, 0.2) is 0 Å². The Labute approximate surface area is 93.2 Å². The highest BCUT2D eigenvalue weighted by Gasteiger charge is 2.32. The fourth-order valence-corrected chi connectivity index (χ4v) is 2.27. The summed E-state index contributed by atoms with van der Waals surface area (Å²) in [6, 6.07) is 0. The average Bonchev–Trinajstić information content (AvgIpc) is 2.15. The van der Waals surface area contributed by atoms with Crippen LogP contribution in [0.1, 0.15) is 13.3 Å². The number of aliphatic carboxylic acids is 1. The van der Waals surface area contributed by atoms with E-state index < -0.39 is 5.97 Å².